The Morgan fingerprint density at radius 1 is 1.11 bits per heavy atom. The maximum atomic E-state index is 14.7. The Balaban J connectivity index is 1.43. The molecule has 1 saturated heterocycles. The number of amides is 3. The Morgan fingerprint density at radius 3 is 2.56 bits per heavy atom. The van der Waals surface area contributed by atoms with Crippen LogP contribution in [0.1, 0.15) is 95.1 Å². The largest absolute Gasteiger partial charge is 0.497 e. The second kappa shape index (κ2) is 14.4. The third kappa shape index (κ3) is 7.69. The first kappa shape index (κ1) is 38.8. The molecule has 1 spiro atoms. The van der Waals surface area contributed by atoms with Crippen molar-refractivity contribution >= 4 is 40.6 Å². The quantitative estimate of drug-likeness (QED) is 0.304. The molecule has 3 aliphatic heterocycles. The maximum Gasteiger partial charge on any atom is 0.437 e. The second-order valence-electron chi connectivity index (χ2n) is 15.4. The van der Waals surface area contributed by atoms with Crippen LogP contribution in [0.3, 0.4) is 0 Å². The van der Waals surface area contributed by atoms with E-state index in [0.717, 1.165) is 11.3 Å². The van der Waals surface area contributed by atoms with E-state index < -0.39 is 101 Å². The number of hydrogen-bond donors (Lipinski definition) is 2. The number of rotatable bonds is 4. The number of hydrogen-bond acceptors (Lipinski definition) is 10. The monoisotopic (exact) mass is 758 g/mol. The van der Waals surface area contributed by atoms with E-state index in [2.05, 4.69) is 15.6 Å². The van der Waals surface area contributed by atoms with Crippen molar-refractivity contribution in [2.24, 2.45) is 5.92 Å². The van der Waals surface area contributed by atoms with Gasteiger partial charge in [0.15, 0.2) is 17.2 Å². The fourth-order valence-corrected chi connectivity index (χ4v) is 7.64. The summed E-state index contributed by atoms with van der Waals surface area (Å²) in [6, 6.07) is 1.52. The molecule has 2 fully saturated rings. The number of aromatic nitrogens is 1. The number of ether oxygens (including phenoxy) is 4. The van der Waals surface area contributed by atoms with Gasteiger partial charge in [-0.05, 0) is 71.6 Å². The van der Waals surface area contributed by atoms with Crippen LogP contribution in [0.25, 0.3) is 10.9 Å². The van der Waals surface area contributed by atoms with Crippen molar-refractivity contribution < 1.29 is 56.1 Å². The van der Waals surface area contributed by atoms with Crippen LogP contribution in [0.15, 0.2) is 30.4 Å². The van der Waals surface area contributed by atoms with Gasteiger partial charge in [0.1, 0.15) is 34.6 Å². The highest BCUT2D eigenvalue weighted by atomic mass is 19.4. The van der Waals surface area contributed by atoms with Crippen molar-refractivity contribution in [1.82, 2.24) is 20.5 Å². The zero-order chi connectivity index (χ0) is 39.2. The number of ketones is 1. The Bertz CT molecular complexity index is 1890. The van der Waals surface area contributed by atoms with Gasteiger partial charge in [-0.25, -0.2) is 14.6 Å². The molecule has 13 nitrogen and oxygen atoms in total. The van der Waals surface area contributed by atoms with Gasteiger partial charge in [0.05, 0.1) is 37.8 Å². The average molecular weight is 759 g/mol. The minimum absolute atomic E-state index is 0.0492. The van der Waals surface area contributed by atoms with E-state index in [0.29, 0.717) is 19.3 Å². The number of Topliss-reactive ketones (excluding diaryl/α,β-unsaturated/α-hetero) is 1. The lowest BCUT2D eigenvalue weighted by Gasteiger charge is -2.36. The molecule has 4 heterocycles. The summed E-state index contributed by atoms with van der Waals surface area (Å²) < 4.78 is 66.2. The minimum atomic E-state index is -5.05. The molecule has 3 amide bonds. The topological polar surface area (TPSA) is 162 Å². The molecule has 2 aromatic rings. The lowest BCUT2D eigenvalue weighted by atomic mass is 9.86. The smallest absolute Gasteiger partial charge is 0.437 e. The van der Waals surface area contributed by atoms with Gasteiger partial charge in [-0.15, -0.1) is 0 Å². The zero-order valence-electron chi connectivity index (χ0n) is 30.9. The van der Waals surface area contributed by atoms with Crippen molar-refractivity contribution in [2.75, 3.05) is 20.3 Å². The van der Waals surface area contributed by atoms with E-state index in [9.17, 15) is 37.1 Å². The van der Waals surface area contributed by atoms with E-state index in [-0.39, 0.29) is 41.7 Å². The third-order valence-electron chi connectivity index (χ3n) is 10.2. The molecule has 2 N–H and O–H groups in total. The number of allylic oxidation sites excluding steroid dienone is 1. The highest BCUT2D eigenvalue weighted by molar-refractivity contribution is 6.11. The minimum Gasteiger partial charge on any atom is -0.497 e. The number of alkyl carbamates (subject to hydrolysis) is 1. The number of esters is 1. The lowest BCUT2D eigenvalue weighted by molar-refractivity contribution is -0.150. The Hall–Kier alpha value is -4.89. The van der Waals surface area contributed by atoms with Crippen molar-refractivity contribution in [3.05, 3.63) is 41.6 Å². The molecule has 5 unspecified atom stereocenters. The summed E-state index contributed by atoms with van der Waals surface area (Å²) in [5.74, 6) is -3.80. The maximum absolute atomic E-state index is 14.7. The Kier molecular flexibility index (Phi) is 10.4. The van der Waals surface area contributed by atoms with Gasteiger partial charge in [0.25, 0.3) is 0 Å². The van der Waals surface area contributed by atoms with Gasteiger partial charge in [-0.2, -0.15) is 13.2 Å². The van der Waals surface area contributed by atoms with Crippen LogP contribution in [-0.4, -0.2) is 88.6 Å². The average Bonchev–Trinajstić information content (AvgIpc) is 3.66. The number of carbonyl (C=O) groups excluding carboxylic acids is 5. The molecule has 1 aromatic carbocycles. The van der Waals surface area contributed by atoms with E-state index in [1.165, 1.54) is 25.3 Å². The Labute approximate surface area is 310 Å². The van der Waals surface area contributed by atoms with Crippen LogP contribution in [-0.2, 0) is 30.0 Å². The van der Waals surface area contributed by atoms with E-state index >= 15 is 0 Å². The summed E-state index contributed by atoms with van der Waals surface area (Å²) in [6.07, 6.45) is -0.00593. The third-order valence-corrected chi connectivity index (χ3v) is 10.2. The number of carbonyl (C=O) groups is 5. The first-order valence-corrected chi connectivity index (χ1v) is 18.2. The summed E-state index contributed by atoms with van der Waals surface area (Å²) in [5, 5.41) is 5.52. The van der Waals surface area contributed by atoms with Crippen LogP contribution in [0.2, 0.25) is 0 Å². The normalized spacial score (nSPS) is 27.4. The van der Waals surface area contributed by atoms with E-state index in [4.69, 9.17) is 18.9 Å². The molecule has 5 atom stereocenters. The van der Waals surface area contributed by atoms with Gasteiger partial charge >= 0.3 is 18.2 Å². The molecule has 16 heteroatoms. The van der Waals surface area contributed by atoms with Crippen LogP contribution in [0.5, 0.6) is 11.5 Å². The van der Waals surface area contributed by atoms with Crippen molar-refractivity contribution in [3.63, 3.8) is 0 Å². The highest BCUT2D eigenvalue weighted by Crippen LogP contribution is 2.50. The number of nitrogens with zero attached hydrogens (tertiary/aromatic N) is 2. The fraction of sp³-hybridized carbons (Fsp3) is 0.579. The predicted octanol–water partition coefficient (Wildman–Crippen LogP) is 5.42. The lowest BCUT2D eigenvalue weighted by Crippen LogP contribution is -2.57. The van der Waals surface area contributed by atoms with Crippen LogP contribution < -0.4 is 20.1 Å². The summed E-state index contributed by atoms with van der Waals surface area (Å²) in [6.45, 7) is 6.18. The summed E-state index contributed by atoms with van der Waals surface area (Å²) in [5.41, 5.74) is -6.00. The van der Waals surface area contributed by atoms with E-state index in [1.807, 2.05) is 12.2 Å². The van der Waals surface area contributed by atoms with Crippen molar-refractivity contribution in [2.45, 2.75) is 114 Å². The van der Waals surface area contributed by atoms with Crippen LogP contribution >= 0.6 is 0 Å². The first-order chi connectivity index (χ1) is 25.4. The van der Waals surface area contributed by atoms with Gasteiger partial charge in [0.2, 0.25) is 11.8 Å². The van der Waals surface area contributed by atoms with Gasteiger partial charge in [0, 0.05) is 17.7 Å². The SMILES string of the molecule is CCOC(=O)C12CC1C=CCCCCCC(NC(=O)OC(C)(C)C)C(=O)N1CC3(CC(=O)c4c(c(C(F)(F)F)nc5ccc(OC)cc45)O3)CC1C(=O)N2. The number of benzene rings is 1. The van der Waals surface area contributed by atoms with Crippen LogP contribution in [0.4, 0.5) is 18.0 Å². The molecule has 0 bridgehead atoms. The van der Waals surface area contributed by atoms with E-state index in [1.54, 1.807) is 27.7 Å². The van der Waals surface area contributed by atoms with Gasteiger partial charge in [-0.3, -0.25) is 14.4 Å². The van der Waals surface area contributed by atoms with Gasteiger partial charge < -0.3 is 34.5 Å². The predicted molar refractivity (Wildman–Crippen MR) is 187 cm³/mol. The number of alkyl halides is 3. The molecule has 0 radical (unpaired) electrons. The zero-order valence-corrected chi connectivity index (χ0v) is 30.9. The number of halogens is 3. The molecular weight excluding hydrogens is 713 g/mol. The number of fused-ring (bicyclic) bond motifs is 5. The molecule has 6 rings (SSSR count). The molecule has 4 aliphatic rings. The first-order valence-electron chi connectivity index (χ1n) is 18.2. The number of methoxy groups -OCH3 is 1. The molecular formula is C38H45F3N4O9. The van der Waals surface area contributed by atoms with Crippen molar-refractivity contribution in [3.8, 4) is 11.5 Å². The summed E-state index contributed by atoms with van der Waals surface area (Å²) >= 11 is 0. The summed E-state index contributed by atoms with van der Waals surface area (Å²) in [4.78, 5) is 74.3. The van der Waals surface area contributed by atoms with Crippen molar-refractivity contribution in [1.29, 1.82) is 0 Å². The molecule has 1 saturated carbocycles. The van der Waals surface area contributed by atoms with Gasteiger partial charge in [-0.1, -0.05) is 25.0 Å². The number of nitrogens with one attached hydrogen (secondary N) is 2. The fourth-order valence-electron chi connectivity index (χ4n) is 7.64. The molecule has 292 valence electrons. The second-order valence-corrected chi connectivity index (χ2v) is 15.4. The molecule has 1 aliphatic carbocycles. The summed E-state index contributed by atoms with van der Waals surface area (Å²) in [7, 11) is 1.37. The number of pyridine rings is 1. The molecule has 1 aromatic heterocycles. The highest BCUT2D eigenvalue weighted by Gasteiger charge is 2.63. The molecule has 54 heavy (non-hydrogen) atoms. The standard InChI is InChI=1S/C38H45F3N4O9/c1-6-52-33(49)37-17-21(37)12-10-8-7-9-11-13-25(43-34(50)54-35(2,3)4)32(48)45-20-36(18-26(45)31(47)44-37)19-27(46)28-23-16-22(51-5)14-15-24(23)42-30(29(28)53-36)38(39,40)41/h10,12,14-16,21,25-26H,6-9,11,13,17-20H2,1-5H3,(H,43,50)(H,44,47). The van der Waals surface area contributed by atoms with Crippen LogP contribution in [0, 0.1) is 5.92 Å². The Morgan fingerprint density at radius 2 is 1.87 bits per heavy atom.